The molecule has 1 atom stereocenters. The Morgan fingerprint density at radius 1 is 1.23 bits per heavy atom. The molecule has 3 nitrogen and oxygen atoms in total. The Balaban J connectivity index is 2.33. The zero-order valence-electron chi connectivity index (χ0n) is 13.5. The molecule has 2 N–H and O–H groups in total. The van der Waals surface area contributed by atoms with Gasteiger partial charge in [-0.15, -0.1) is 0 Å². The van der Waals surface area contributed by atoms with Crippen molar-refractivity contribution in [1.29, 1.82) is 0 Å². The monoisotopic (exact) mass is 318 g/mol. The van der Waals surface area contributed by atoms with Crippen LogP contribution in [0.2, 0.25) is 13.1 Å². The Bertz CT molecular complexity index is 533. The summed E-state index contributed by atoms with van der Waals surface area (Å²) >= 11 is 0. The molecule has 0 amide bonds. The van der Waals surface area contributed by atoms with Gasteiger partial charge in [0.25, 0.3) is 0 Å². The van der Waals surface area contributed by atoms with Crippen LogP contribution < -0.4 is 5.19 Å². The molecule has 1 aromatic carbocycles. The third-order valence-electron chi connectivity index (χ3n) is 4.90. The minimum Gasteiger partial charge on any atom is -0.396 e. The third-order valence-corrected chi connectivity index (χ3v) is 7.81. The van der Waals surface area contributed by atoms with E-state index in [0.29, 0.717) is 19.3 Å². The first kappa shape index (κ1) is 17.1. The van der Waals surface area contributed by atoms with Crippen molar-refractivity contribution in [3.63, 3.8) is 0 Å². The third kappa shape index (κ3) is 3.56. The highest BCUT2D eigenvalue weighted by Gasteiger charge is 2.42. The van der Waals surface area contributed by atoms with Crippen molar-refractivity contribution in [2.75, 3.05) is 13.2 Å². The van der Waals surface area contributed by atoms with Gasteiger partial charge in [0.05, 0.1) is 13.2 Å². The van der Waals surface area contributed by atoms with Crippen LogP contribution in [0.1, 0.15) is 19.3 Å². The number of aliphatic hydroxyl groups excluding tert-OH is 2. The van der Waals surface area contributed by atoms with E-state index in [4.69, 9.17) is 0 Å². The summed E-state index contributed by atoms with van der Waals surface area (Å²) in [4.78, 5) is 11.0. The van der Waals surface area contributed by atoms with Crippen molar-refractivity contribution in [2.45, 2.75) is 32.4 Å². The van der Waals surface area contributed by atoms with Crippen molar-refractivity contribution >= 4 is 19.5 Å². The second-order valence-corrected chi connectivity index (χ2v) is 11.4. The van der Waals surface area contributed by atoms with E-state index >= 15 is 0 Å². The number of hydrogen-bond donors (Lipinski definition) is 2. The van der Waals surface area contributed by atoms with Crippen LogP contribution in [0.15, 0.2) is 41.6 Å². The number of carbonyl (C=O) groups is 1. The predicted molar refractivity (Wildman–Crippen MR) is 91.7 cm³/mol. The Morgan fingerprint density at radius 3 is 2.41 bits per heavy atom. The highest BCUT2D eigenvalue weighted by atomic mass is 28.3. The van der Waals surface area contributed by atoms with Gasteiger partial charge >= 0.3 is 0 Å². The molecule has 1 aromatic rings. The minimum absolute atomic E-state index is 0.0243. The molecule has 0 radical (unpaired) electrons. The molecular formula is C18H26O3Si. The number of aldehydes is 1. The van der Waals surface area contributed by atoms with E-state index in [9.17, 15) is 15.0 Å². The van der Waals surface area contributed by atoms with E-state index in [2.05, 4.69) is 43.1 Å². The first-order valence-corrected chi connectivity index (χ1v) is 11.0. The van der Waals surface area contributed by atoms with Crippen LogP contribution in [0, 0.1) is 11.3 Å². The van der Waals surface area contributed by atoms with Gasteiger partial charge in [-0.05, 0) is 18.8 Å². The van der Waals surface area contributed by atoms with E-state index < -0.39 is 13.5 Å². The maximum absolute atomic E-state index is 11.0. The van der Waals surface area contributed by atoms with E-state index in [1.54, 1.807) is 0 Å². The molecular weight excluding hydrogens is 292 g/mol. The van der Waals surface area contributed by atoms with Crippen LogP contribution in [-0.4, -0.2) is 37.8 Å². The molecule has 1 aliphatic rings. The summed E-state index contributed by atoms with van der Waals surface area (Å²) in [7, 11) is -1.74. The zero-order chi connectivity index (χ0) is 16.2. The van der Waals surface area contributed by atoms with Crippen molar-refractivity contribution in [3.05, 3.63) is 41.6 Å². The lowest BCUT2D eigenvalue weighted by Crippen LogP contribution is -2.40. The Labute approximate surface area is 133 Å². The fraction of sp³-hybridized carbons (Fsp3) is 0.500. The highest BCUT2D eigenvalue weighted by molar-refractivity contribution is 6.94. The van der Waals surface area contributed by atoms with E-state index in [1.165, 1.54) is 10.8 Å². The van der Waals surface area contributed by atoms with Gasteiger partial charge < -0.3 is 15.0 Å². The Morgan fingerprint density at radius 2 is 1.86 bits per heavy atom. The molecule has 0 aromatic heterocycles. The fourth-order valence-corrected chi connectivity index (χ4v) is 6.01. The molecule has 0 saturated heterocycles. The lowest BCUT2D eigenvalue weighted by Gasteiger charge is -2.23. The van der Waals surface area contributed by atoms with Crippen LogP contribution in [0.4, 0.5) is 0 Å². The van der Waals surface area contributed by atoms with E-state index in [0.717, 1.165) is 6.29 Å². The maximum Gasteiger partial charge on any atom is 0.120 e. The summed E-state index contributed by atoms with van der Waals surface area (Å²) in [5.74, 6) is 0.160. The van der Waals surface area contributed by atoms with Crippen LogP contribution >= 0.6 is 0 Å². The van der Waals surface area contributed by atoms with Crippen LogP contribution in [0.3, 0.4) is 0 Å². The number of hydrogen-bond acceptors (Lipinski definition) is 3. The van der Waals surface area contributed by atoms with Gasteiger partial charge in [-0.3, -0.25) is 0 Å². The van der Waals surface area contributed by atoms with Gasteiger partial charge in [0, 0.05) is 11.8 Å². The number of benzene rings is 1. The maximum atomic E-state index is 11.0. The van der Waals surface area contributed by atoms with Crippen LogP contribution in [0.25, 0.3) is 0 Å². The van der Waals surface area contributed by atoms with E-state index in [-0.39, 0.29) is 19.1 Å². The minimum atomic E-state index is -1.74. The van der Waals surface area contributed by atoms with E-state index in [1.807, 2.05) is 6.07 Å². The summed E-state index contributed by atoms with van der Waals surface area (Å²) < 4.78 is 0. The van der Waals surface area contributed by atoms with Crippen LogP contribution in [-0.2, 0) is 4.79 Å². The molecule has 2 rings (SSSR count). The van der Waals surface area contributed by atoms with Gasteiger partial charge in [-0.2, -0.15) is 0 Å². The number of aliphatic hydroxyl groups is 2. The Kier molecular flexibility index (Phi) is 5.37. The topological polar surface area (TPSA) is 57.5 Å². The fourth-order valence-electron chi connectivity index (χ4n) is 3.53. The molecule has 0 aliphatic heterocycles. The largest absolute Gasteiger partial charge is 0.396 e. The summed E-state index contributed by atoms with van der Waals surface area (Å²) in [5, 5.41) is 20.7. The van der Waals surface area contributed by atoms with Gasteiger partial charge in [0.2, 0.25) is 0 Å². The highest BCUT2D eigenvalue weighted by Crippen LogP contribution is 2.46. The molecule has 1 aliphatic carbocycles. The SMILES string of the molecule is C[Si](C)(/C=C1\CC(CO)(CO)CC1CC=O)c1ccccc1. The molecule has 0 spiro atoms. The van der Waals surface area contributed by atoms with Gasteiger partial charge in [-0.25, -0.2) is 0 Å². The second kappa shape index (κ2) is 6.90. The van der Waals surface area contributed by atoms with Crippen molar-refractivity contribution in [3.8, 4) is 0 Å². The van der Waals surface area contributed by atoms with Crippen molar-refractivity contribution in [1.82, 2.24) is 0 Å². The molecule has 1 unspecified atom stereocenters. The summed E-state index contributed by atoms with van der Waals surface area (Å²) in [6, 6.07) is 10.5. The lowest BCUT2D eigenvalue weighted by atomic mass is 9.87. The lowest BCUT2D eigenvalue weighted by molar-refractivity contribution is -0.108. The van der Waals surface area contributed by atoms with Crippen molar-refractivity contribution < 1.29 is 15.0 Å². The standard InChI is InChI=1S/C18H26O3Si/c1-22(2,17-6-4-3-5-7-17)12-16-11-18(13-20,14-21)10-15(16)8-9-19/h3-7,9,12,15,20-21H,8,10-11,13-14H2,1-2H3/b16-12+. The van der Waals surface area contributed by atoms with Crippen molar-refractivity contribution in [2.24, 2.45) is 11.3 Å². The summed E-state index contributed by atoms with van der Waals surface area (Å²) in [6.45, 7) is 4.55. The first-order valence-electron chi connectivity index (χ1n) is 7.89. The van der Waals surface area contributed by atoms with Gasteiger partial charge in [0.15, 0.2) is 0 Å². The quantitative estimate of drug-likeness (QED) is 0.623. The molecule has 4 heteroatoms. The summed E-state index contributed by atoms with van der Waals surface area (Å²) in [5.41, 5.74) is 3.15. The predicted octanol–water partition coefficient (Wildman–Crippen LogP) is 2.04. The van der Waals surface area contributed by atoms with Crippen LogP contribution in [0.5, 0.6) is 0 Å². The number of allylic oxidation sites excluding steroid dienone is 1. The summed E-state index contributed by atoms with van der Waals surface area (Å²) in [6.07, 6.45) is 2.83. The molecule has 0 heterocycles. The second-order valence-electron chi connectivity index (χ2n) is 7.10. The molecule has 1 saturated carbocycles. The average molecular weight is 318 g/mol. The average Bonchev–Trinajstić information content (AvgIpc) is 2.87. The molecule has 1 fully saturated rings. The number of carbonyl (C=O) groups excluding carboxylic acids is 1. The normalized spacial score (nSPS) is 22.9. The molecule has 22 heavy (non-hydrogen) atoms. The first-order chi connectivity index (χ1) is 10.5. The van der Waals surface area contributed by atoms with Gasteiger partial charge in [0.1, 0.15) is 14.4 Å². The smallest absolute Gasteiger partial charge is 0.120 e. The zero-order valence-corrected chi connectivity index (χ0v) is 14.5. The van der Waals surface area contributed by atoms with Gasteiger partial charge in [-0.1, -0.05) is 59.9 Å². The Hall–Kier alpha value is -1.23. The molecule has 0 bridgehead atoms. The number of rotatable bonds is 6. The molecule has 120 valence electrons.